The lowest BCUT2D eigenvalue weighted by atomic mass is 9.72. The van der Waals surface area contributed by atoms with Crippen LogP contribution >= 0.6 is 0 Å². The number of hydrogen-bond donors (Lipinski definition) is 0. The predicted molar refractivity (Wildman–Crippen MR) is 48.4 cm³/mol. The van der Waals surface area contributed by atoms with Gasteiger partial charge in [-0.2, -0.15) is 5.26 Å². The zero-order valence-electron chi connectivity index (χ0n) is 7.42. The summed E-state index contributed by atoms with van der Waals surface area (Å²) in [5.41, 5.74) is 1.60. The van der Waals surface area contributed by atoms with Gasteiger partial charge in [0.25, 0.3) is 0 Å². The lowest BCUT2D eigenvalue weighted by molar-refractivity contribution is 0.339. The van der Waals surface area contributed by atoms with Crippen LogP contribution in [0.25, 0.3) is 0 Å². The molecule has 0 N–H and O–H groups in total. The van der Waals surface area contributed by atoms with Crippen LogP contribution in [0.15, 0.2) is 11.6 Å². The van der Waals surface area contributed by atoms with Gasteiger partial charge in [-0.1, -0.05) is 18.1 Å². The van der Waals surface area contributed by atoms with Gasteiger partial charge in [0, 0.05) is 0 Å². The molecule has 0 radical (unpaired) electrons. The van der Waals surface area contributed by atoms with Crippen LogP contribution in [0.3, 0.4) is 0 Å². The highest BCUT2D eigenvalue weighted by Gasteiger charge is 2.29. The van der Waals surface area contributed by atoms with Gasteiger partial charge in [-0.3, -0.25) is 0 Å². The Labute approximate surface area is 74.1 Å². The molecule has 0 aliphatic heterocycles. The van der Waals surface area contributed by atoms with Crippen LogP contribution in [0.2, 0.25) is 0 Å². The first-order chi connectivity index (χ1) is 5.92. The third kappa shape index (κ3) is 1.27. The summed E-state index contributed by atoms with van der Waals surface area (Å²) in [6.07, 6.45) is 9.85. The highest BCUT2D eigenvalue weighted by Crippen LogP contribution is 2.39. The summed E-state index contributed by atoms with van der Waals surface area (Å²) < 4.78 is 0. The number of rotatable bonds is 0. The van der Waals surface area contributed by atoms with Crippen molar-refractivity contribution in [1.29, 1.82) is 5.26 Å². The molecule has 0 saturated heterocycles. The summed E-state index contributed by atoms with van der Waals surface area (Å²) in [5.74, 6) is 0.975. The molecule has 2 unspecified atom stereocenters. The lowest BCUT2D eigenvalue weighted by Gasteiger charge is -2.32. The number of fused-ring (bicyclic) bond motifs is 1. The van der Waals surface area contributed by atoms with Crippen molar-refractivity contribution < 1.29 is 0 Å². The summed E-state index contributed by atoms with van der Waals surface area (Å²) in [7, 11) is 0. The Bertz CT molecular complexity index is 234. The molecule has 2 aliphatic rings. The average molecular weight is 161 g/mol. The zero-order chi connectivity index (χ0) is 8.39. The Morgan fingerprint density at radius 2 is 2.25 bits per heavy atom. The summed E-state index contributed by atoms with van der Waals surface area (Å²) in [6.45, 7) is 0. The molecule has 0 amide bonds. The Kier molecular flexibility index (Phi) is 2.17. The molecule has 2 rings (SSSR count). The van der Waals surface area contributed by atoms with E-state index >= 15 is 0 Å². The van der Waals surface area contributed by atoms with Crippen molar-refractivity contribution >= 4 is 0 Å². The Balaban J connectivity index is 2.16. The monoisotopic (exact) mass is 161 g/mol. The van der Waals surface area contributed by atoms with Crippen molar-refractivity contribution in [2.45, 2.75) is 38.5 Å². The first-order valence-corrected chi connectivity index (χ1v) is 5.00. The second kappa shape index (κ2) is 3.31. The Hall–Kier alpha value is -0.770. The maximum absolute atomic E-state index is 8.95. The van der Waals surface area contributed by atoms with E-state index in [1.807, 2.05) is 0 Å². The molecule has 1 fully saturated rings. The fourth-order valence-electron chi connectivity index (χ4n) is 2.58. The van der Waals surface area contributed by atoms with Crippen LogP contribution in [-0.4, -0.2) is 0 Å². The minimum absolute atomic E-state index is 0.338. The van der Waals surface area contributed by atoms with Crippen molar-refractivity contribution in [2.24, 2.45) is 11.8 Å². The molecule has 2 aliphatic carbocycles. The zero-order valence-corrected chi connectivity index (χ0v) is 7.42. The first kappa shape index (κ1) is 7.86. The Morgan fingerprint density at radius 1 is 1.33 bits per heavy atom. The maximum Gasteiger partial charge on any atom is 0.0662 e. The summed E-state index contributed by atoms with van der Waals surface area (Å²) in [5, 5.41) is 8.95. The molecule has 0 aromatic heterocycles. The molecule has 12 heavy (non-hydrogen) atoms. The van der Waals surface area contributed by atoms with E-state index in [9.17, 15) is 0 Å². The summed E-state index contributed by atoms with van der Waals surface area (Å²) >= 11 is 0. The van der Waals surface area contributed by atoms with E-state index in [0.717, 1.165) is 12.8 Å². The van der Waals surface area contributed by atoms with E-state index in [1.54, 1.807) is 5.57 Å². The van der Waals surface area contributed by atoms with Crippen molar-refractivity contribution in [1.82, 2.24) is 0 Å². The van der Waals surface area contributed by atoms with Crippen molar-refractivity contribution in [2.75, 3.05) is 0 Å². The molecule has 0 heterocycles. The molecule has 1 saturated carbocycles. The quantitative estimate of drug-likeness (QED) is 0.501. The summed E-state index contributed by atoms with van der Waals surface area (Å²) in [4.78, 5) is 0. The van der Waals surface area contributed by atoms with Crippen LogP contribution in [0, 0.1) is 23.2 Å². The number of hydrogen-bond acceptors (Lipinski definition) is 1. The molecular weight excluding hydrogens is 146 g/mol. The Morgan fingerprint density at radius 3 is 3.08 bits per heavy atom. The molecule has 0 aromatic carbocycles. The highest BCUT2D eigenvalue weighted by atomic mass is 14.4. The molecule has 64 valence electrons. The van der Waals surface area contributed by atoms with E-state index in [4.69, 9.17) is 5.26 Å². The fourth-order valence-corrected chi connectivity index (χ4v) is 2.58. The van der Waals surface area contributed by atoms with E-state index in [-0.39, 0.29) is 0 Å². The summed E-state index contributed by atoms with van der Waals surface area (Å²) in [6, 6.07) is 2.46. The van der Waals surface area contributed by atoms with Crippen molar-refractivity contribution in [3.63, 3.8) is 0 Å². The highest BCUT2D eigenvalue weighted by molar-refractivity contribution is 5.17. The van der Waals surface area contributed by atoms with Gasteiger partial charge in [0.05, 0.1) is 12.0 Å². The molecule has 0 bridgehead atoms. The van der Waals surface area contributed by atoms with Gasteiger partial charge in [-0.05, 0) is 38.0 Å². The van der Waals surface area contributed by atoms with E-state index in [0.29, 0.717) is 11.8 Å². The van der Waals surface area contributed by atoms with Crippen LogP contribution in [0.4, 0.5) is 0 Å². The van der Waals surface area contributed by atoms with Crippen molar-refractivity contribution in [3.8, 4) is 6.07 Å². The van der Waals surface area contributed by atoms with Gasteiger partial charge in [0.2, 0.25) is 0 Å². The van der Waals surface area contributed by atoms with Gasteiger partial charge < -0.3 is 0 Å². The molecule has 2 atom stereocenters. The number of allylic oxidation sites excluding steroid dienone is 2. The minimum Gasteiger partial charge on any atom is -0.198 e. The smallest absolute Gasteiger partial charge is 0.0662 e. The molecular formula is C11H15N. The van der Waals surface area contributed by atoms with Gasteiger partial charge in [-0.25, -0.2) is 0 Å². The normalized spacial score (nSPS) is 34.8. The van der Waals surface area contributed by atoms with Crippen LogP contribution in [0.5, 0.6) is 0 Å². The third-order valence-corrected chi connectivity index (χ3v) is 3.24. The molecule has 1 nitrogen and oxygen atoms in total. The molecule has 0 spiro atoms. The van der Waals surface area contributed by atoms with Crippen molar-refractivity contribution in [3.05, 3.63) is 11.6 Å². The van der Waals surface area contributed by atoms with E-state index in [2.05, 4.69) is 12.1 Å². The van der Waals surface area contributed by atoms with Gasteiger partial charge in [0.15, 0.2) is 0 Å². The van der Waals surface area contributed by atoms with Crippen LogP contribution in [-0.2, 0) is 0 Å². The first-order valence-electron chi connectivity index (χ1n) is 5.00. The van der Waals surface area contributed by atoms with E-state index in [1.165, 1.54) is 25.7 Å². The lowest BCUT2D eigenvalue weighted by Crippen LogP contribution is -2.22. The topological polar surface area (TPSA) is 23.8 Å². The largest absolute Gasteiger partial charge is 0.198 e. The second-order valence-electron chi connectivity index (χ2n) is 3.94. The third-order valence-electron chi connectivity index (χ3n) is 3.24. The van der Waals surface area contributed by atoms with Crippen LogP contribution < -0.4 is 0 Å². The van der Waals surface area contributed by atoms with E-state index < -0.39 is 0 Å². The van der Waals surface area contributed by atoms with Crippen LogP contribution in [0.1, 0.15) is 38.5 Å². The fraction of sp³-hybridized carbons (Fsp3) is 0.727. The SMILES string of the molecule is N#CC1CCC=C2CCCCC21. The maximum atomic E-state index is 8.95. The minimum atomic E-state index is 0.338. The number of nitriles is 1. The van der Waals surface area contributed by atoms with Gasteiger partial charge >= 0.3 is 0 Å². The average Bonchev–Trinajstić information content (AvgIpc) is 2.17. The molecule has 0 aromatic rings. The standard InChI is InChI=1S/C11H15N/c12-8-10-6-3-5-9-4-1-2-7-11(9)10/h5,10-11H,1-4,6-7H2. The molecule has 1 heteroatoms. The predicted octanol–water partition coefficient (Wildman–Crippen LogP) is 3.04. The van der Waals surface area contributed by atoms with Gasteiger partial charge in [0.1, 0.15) is 0 Å². The van der Waals surface area contributed by atoms with Gasteiger partial charge in [-0.15, -0.1) is 0 Å². The number of nitrogens with zero attached hydrogens (tertiary/aromatic N) is 1. The second-order valence-corrected chi connectivity index (χ2v) is 3.94.